The van der Waals surface area contributed by atoms with E-state index >= 15 is 0 Å². The van der Waals surface area contributed by atoms with Crippen LogP contribution >= 0.6 is 11.8 Å². The first kappa shape index (κ1) is 13.8. The molecule has 0 aromatic carbocycles. The topological polar surface area (TPSA) is 38.3 Å². The summed E-state index contributed by atoms with van der Waals surface area (Å²) in [6, 6.07) is 0.552. The summed E-state index contributed by atoms with van der Waals surface area (Å²) in [5.74, 6) is 1.19. The van der Waals surface area contributed by atoms with Crippen molar-refractivity contribution in [3.63, 3.8) is 0 Å². The van der Waals surface area contributed by atoms with Gasteiger partial charge in [0, 0.05) is 11.3 Å². The zero-order valence-electron chi connectivity index (χ0n) is 10.5. The van der Waals surface area contributed by atoms with E-state index < -0.39 is 0 Å². The van der Waals surface area contributed by atoms with Crippen LogP contribution in [0.1, 0.15) is 33.1 Å². The van der Waals surface area contributed by atoms with Gasteiger partial charge in [0.2, 0.25) is 0 Å². The van der Waals surface area contributed by atoms with Gasteiger partial charge in [-0.15, -0.1) is 11.8 Å². The van der Waals surface area contributed by atoms with E-state index in [2.05, 4.69) is 12.2 Å². The van der Waals surface area contributed by atoms with Crippen LogP contribution in [0.3, 0.4) is 0 Å². The molecule has 3 unspecified atom stereocenters. The van der Waals surface area contributed by atoms with Crippen molar-refractivity contribution in [3.8, 4) is 0 Å². The summed E-state index contributed by atoms with van der Waals surface area (Å²) in [6.45, 7) is 4.63. The zero-order valence-corrected chi connectivity index (χ0v) is 11.3. The van der Waals surface area contributed by atoms with Gasteiger partial charge in [0.25, 0.3) is 0 Å². The minimum Gasteiger partial charge on any atom is -0.465 e. The highest BCUT2D eigenvalue weighted by Crippen LogP contribution is 2.32. The number of ether oxygens (including phenoxy) is 1. The fourth-order valence-electron chi connectivity index (χ4n) is 2.22. The second-order valence-corrected chi connectivity index (χ2v) is 5.70. The van der Waals surface area contributed by atoms with Crippen molar-refractivity contribution in [1.82, 2.24) is 5.32 Å². The van der Waals surface area contributed by atoms with Crippen molar-refractivity contribution < 1.29 is 9.53 Å². The molecular weight excluding hydrogens is 222 g/mol. The fraction of sp³-hybridized carbons (Fsp3) is 0.917. The Labute approximate surface area is 103 Å². The maximum atomic E-state index is 11.3. The van der Waals surface area contributed by atoms with E-state index in [1.54, 1.807) is 11.8 Å². The third-order valence-corrected chi connectivity index (χ3v) is 4.50. The minimum atomic E-state index is -0.0828. The number of carbonyl (C=O) groups is 1. The van der Waals surface area contributed by atoms with E-state index in [-0.39, 0.29) is 5.97 Å². The molecule has 16 heavy (non-hydrogen) atoms. The maximum absolute atomic E-state index is 11.3. The third-order valence-electron chi connectivity index (χ3n) is 3.15. The number of hydrogen-bond acceptors (Lipinski definition) is 4. The number of thioether (sulfide) groups is 1. The van der Waals surface area contributed by atoms with Gasteiger partial charge in [-0.3, -0.25) is 4.79 Å². The lowest BCUT2D eigenvalue weighted by atomic mass is 9.87. The molecule has 0 spiro atoms. The SMILES string of the molecule is CCOC(=O)CSC1CC(C)CCC1NC. The van der Waals surface area contributed by atoms with E-state index in [1.807, 2.05) is 14.0 Å². The number of nitrogens with one attached hydrogen (secondary N) is 1. The van der Waals surface area contributed by atoms with Crippen LogP contribution in [0.4, 0.5) is 0 Å². The summed E-state index contributed by atoms with van der Waals surface area (Å²) in [4.78, 5) is 11.3. The van der Waals surface area contributed by atoms with E-state index in [0.29, 0.717) is 23.7 Å². The number of carbonyl (C=O) groups excluding carboxylic acids is 1. The fourth-order valence-corrected chi connectivity index (χ4v) is 3.62. The molecule has 1 N–H and O–H groups in total. The number of rotatable bonds is 5. The Bertz CT molecular complexity index is 223. The molecule has 0 amide bonds. The minimum absolute atomic E-state index is 0.0828. The van der Waals surface area contributed by atoms with Gasteiger partial charge in [-0.05, 0) is 39.2 Å². The summed E-state index contributed by atoms with van der Waals surface area (Å²) in [7, 11) is 2.01. The molecule has 0 bridgehead atoms. The molecule has 1 saturated carbocycles. The first-order chi connectivity index (χ1) is 7.67. The van der Waals surface area contributed by atoms with Gasteiger partial charge in [0.1, 0.15) is 0 Å². The molecule has 3 nitrogen and oxygen atoms in total. The second kappa shape index (κ2) is 7.17. The molecule has 0 aromatic rings. The van der Waals surface area contributed by atoms with Gasteiger partial charge in [-0.1, -0.05) is 6.92 Å². The van der Waals surface area contributed by atoms with Crippen molar-refractivity contribution >= 4 is 17.7 Å². The van der Waals surface area contributed by atoms with Gasteiger partial charge in [0.15, 0.2) is 0 Å². The summed E-state index contributed by atoms with van der Waals surface area (Å²) in [5.41, 5.74) is 0. The molecule has 3 atom stereocenters. The predicted octanol–water partition coefficient (Wildman–Crippen LogP) is 2.06. The Morgan fingerprint density at radius 1 is 1.50 bits per heavy atom. The monoisotopic (exact) mass is 245 g/mol. The highest BCUT2D eigenvalue weighted by molar-refractivity contribution is 8.00. The molecule has 1 fully saturated rings. The Morgan fingerprint density at radius 2 is 2.25 bits per heavy atom. The summed E-state index contributed by atoms with van der Waals surface area (Å²) < 4.78 is 4.95. The Hall–Kier alpha value is -0.220. The zero-order chi connectivity index (χ0) is 12.0. The second-order valence-electron chi connectivity index (χ2n) is 4.47. The quantitative estimate of drug-likeness (QED) is 0.753. The summed E-state index contributed by atoms with van der Waals surface area (Å²) in [5, 5.41) is 3.91. The molecule has 0 radical (unpaired) electrons. The van der Waals surface area contributed by atoms with E-state index in [9.17, 15) is 4.79 Å². The van der Waals surface area contributed by atoms with Crippen LogP contribution in [0, 0.1) is 5.92 Å². The number of hydrogen-bond donors (Lipinski definition) is 1. The lowest BCUT2D eigenvalue weighted by Crippen LogP contribution is -2.40. The number of esters is 1. The standard InChI is InChI=1S/C12H23NO2S/c1-4-15-12(14)8-16-11-7-9(2)5-6-10(11)13-3/h9-11,13H,4-8H2,1-3H3. The molecule has 1 aliphatic rings. The Morgan fingerprint density at radius 3 is 2.88 bits per heavy atom. The highest BCUT2D eigenvalue weighted by Gasteiger charge is 2.28. The summed E-state index contributed by atoms with van der Waals surface area (Å²) >= 11 is 1.74. The maximum Gasteiger partial charge on any atom is 0.315 e. The largest absolute Gasteiger partial charge is 0.465 e. The average Bonchev–Trinajstić information content (AvgIpc) is 2.27. The normalized spacial score (nSPS) is 30.1. The first-order valence-electron chi connectivity index (χ1n) is 6.11. The van der Waals surface area contributed by atoms with Crippen molar-refractivity contribution in [3.05, 3.63) is 0 Å². The van der Waals surface area contributed by atoms with Crippen molar-refractivity contribution in [2.75, 3.05) is 19.4 Å². The average molecular weight is 245 g/mol. The van der Waals surface area contributed by atoms with E-state index in [1.165, 1.54) is 19.3 Å². The van der Waals surface area contributed by atoms with Crippen LogP contribution in [-0.4, -0.2) is 36.7 Å². The Balaban J connectivity index is 2.34. The van der Waals surface area contributed by atoms with Crippen LogP contribution in [0.25, 0.3) is 0 Å². The lowest BCUT2D eigenvalue weighted by molar-refractivity contribution is -0.139. The summed E-state index contributed by atoms with van der Waals surface area (Å²) in [6.07, 6.45) is 3.72. The Kier molecular flexibility index (Phi) is 6.21. The first-order valence-corrected chi connectivity index (χ1v) is 7.16. The van der Waals surface area contributed by atoms with Gasteiger partial charge in [0.05, 0.1) is 12.4 Å². The molecule has 1 aliphatic carbocycles. The predicted molar refractivity (Wildman–Crippen MR) is 68.7 cm³/mol. The van der Waals surface area contributed by atoms with E-state index in [0.717, 1.165) is 5.92 Å². The van der Waals surface area contributed by atoms with Crippen LogP contribution in [0.5, 0.6) is 0 Å². The molecule has 0 heterocycles. The van der Waals surface area contributed by atoms with Gasteiger partial charge in [-0.2, -0.15) is 0 Å². The van der Waals surface area contributed by atoms with E-state index in [4.69, 9.17) is 4.74 Å². The van der Waals surface area contributed by atoms with Crippen molar-refractivity contribution in [2.24, 2.45) is 5.92 Å². The van der Waals surface area contributed by atoms with Gasteiger partial charge in [-0.25, -0.2) is 0 Å². The molecule has 1 rings (SSSR count). The molecule has 94 valence electrons. The third kappa shape index (κ3) is 4.34. The van der Waals surface area contributed by atoms with Crippen LogP contribution in [0.15, 0.2) is 0 Å². The smallest absolute Gasteiger partial charge is 0.315 e. The highest BCUT2D eigenvalue weighted by atomic mass is 32.2. The molecule has 0 saturated heterocycles. The molecule has 0 aliphatic heterocycles. The van der Waals surface area contributed by atoms with Crippen LogP contribution in [-0.2, 0) is 9.53 Å². The molecular formula is C12H23NO2S. The van der Waals surface area contributed by atoms with Gasteiger partial charge >= 0.3 is 5.97 Å². The molecule has 0 aromatic heterocycles. The van der Waals surface area contributed by atoms with Crippen LogP contribution in [0.2, 0.25) is 0 Å². The van der Waals surface area contributed by atoms with Crippen molar-refractivity contribution in [2.45, 2.75) is 44.4 Å². The van der Waals surface area contributed by atoms with Crippen molar-refractivity contribution in [1.29, 1.82) is 0 Å². The lowest BCUT2D eigenvalue weighted by Gasteiger charge is -2.34. The molecule has 4 heteroatoms. The van der Waals surface area contributed by atoms with Gasteiger partial charge < -0.3 is 10.1 Å². The van der Waals surface area contributed by atoms with Crippen LogP contribution < -0.4 is 5.32 Å².